The summed E-state index contributed by atoms with van der Waals surface area (Å²) in [5, 5.41) is 11.0. The van der Waals surface area contributed by atoms with E-state index in [4.69, 9.17) is 5.11 Å². The first-order chi connectivity index (χ1) is 8.27. The molecule has 0 saturated carbocycles. The van der Waals surface area contributed by atoms with Gasteiger partial charge in [0.15, 0.2) is 0 Å². The maximum absolute atomic E-state index is 11.6. The van der Waals surface area contributed by atoms with E-state index in [1.54, 1.807) is 14.0 Å². The van der Waals surface area contributed by atoms with Gasteiger partial charge in [0.05, 0.1) is 5.75 Å². The molecule has 8 heteroatoms. The number of nitrogens with zero attached hydrogens (tertiary/aromatic N) is 1. The van der Waals surface area contributed by atoms with Gasteiger partial charge < -0.3 is 15.3 Å². The van der Waals surface area contributed by atoms with Gasteiger partial charge in [0, 0.05) is 31.3 Å². The minimum Gasteiger partial charge on any atom is -0.480 e. The molecule has 0 rings (SSSR count). The second-order valence-electron chi connectivity index (χ2n) is 3.75. The zero-order chi connectivity index (χ0) is 14.3. The Bertz CT molecular complexity index is 358. The molecular weight excluding hydrogens is 260 g/mol. The van der Waals surface area contributed by atoms with Crippen molar-refractivity contribution in [2.45, 2.75) is 19.9 Å². The fourth-order valence-electron chi connectivity index (χ4n) is 1.09. The van der Waals surface area contributed by atoms with Crippen LogP contribution in [0.1, 0.15) is 13.8 Å². The van der Waals surface area contributed by atoms with Crippen molar-refractivity contribution >= 4 is 28.6 Å². The lowest BCUT2D eigenvalue weighted by Crippen LogP contribution is -2.44. The second-order valence-corrected chi connectivity index (χ2v) is 5.25. The van der Waals surface area contributed by atoms with Gasteiger partial charge in [0.25, 0.3) is 0 Å². The molecule has 0 aromatic heterocycles. The molecular formula is C10H18N2O5S. The van der Waals surface area contributed by atoms with Crippen LogP contribution in [0.25, 0.3) is 0 Å². The van der Waals surface area contributed by atoms with Crippen molar-refractivity contribution in [1.82, 2.24) is 10.2 Å². The van der Waals surface area contributed by atoms with E-state index in [1.165, 1.54) is 11.8 Å². The predicted octanol–water partition coefficient (Wildman–Crippen LogP) is -1.20. The van der Waals surface area contributed by atoms with Gasteiger partial charge in [-0.15, -0.1) is 0 Å². The van der Waals surface area contributed by atoms with E-state index in [9.17, 15) is 18.6 Å². The Morgan fingerprint density at radius 3 is 2.33 bits per heavy atom. The van der Waals surface area contributed by atoms with Gasteiger partial charge in [0.2, 0.25) is 11.8 Å². The highest BCUT2D eigenvalue weighted by molar-refractivity contribution is 7.85. The number of carbonyl (C=O) groups excluding carboxylic acids is 2. The first kappa shape index (κ1) is 16.6. The number of aliphatic carboxylic acids is 1. The molecule has 0 radical (unpaired) electrons. The Balaban J connectivity index is 4.39. The SMILES string of the molecule is CCN(C)C(=O)CS(=O)C[C@H](NC(C)=O)C(=O)O. The minimum atomic E-state index is -1.63. The van der Waals surface area contributed by atoms with Gasteiger partial charge in [-0.1, -0.05) is 0 Å². The lowest BCUT2D eigenvalue weighted by molar-refractivity contribution is -0.140. The fraction of sp³-hybridized carbons (Fsp3) is 0.700. The molecule has 2 N–H and O–H groups in total. The highest BCUT2D eigenvalue weighted by Gasteiger charge is 2.23. The molecule has 0 aromatic carbocycles. The summed E-state index contributed by atoms with van der Waals surface area (Å²) >= 11 is 0. The summed E-state index contributed by atoms with van der Waals surface area (Å²) in [6.07, 6.45) is 0. The largest absolute Gasteiger partial charge is 0.480 e. The molecule has 2 amide bonds. The quantitative estimate of drug-likeness (QED) is 0.609. The second kappa shape index (κ2) is 7.80. The van der Waals surface area contributed by atoms with E-state index in [1.807, 2.05) is 0 Å². The van der Waals surface area contributed by atoms with Gasteiger partial charge in [-0.05, 0) is 6.92 Å². The minimum absolute atomic E-state index is 0.242. The van der Waals surface area contributed by atoms with E-state index in [0.717, 1.165) is 0 Å². The molecule has 2 atom stereocenters. The molecule has 0 aliphatic carbocycles. The Labute approximate surface area is 108 Å². The molecule has 0 aliphatic rings. The van der Waals surface area contributed by atoms with E-state index in [0.29, 0.717) is 6.54 Å². The van der Waals surface area contributed by atoms with Crippen LogP contribution in [0.5, 0.6) is 0 Å². The van der Waals surface area contributed by atoms with Crippen molar-refractivity contribution in [1.29, 1.82) is 0 Å². The van der Waals surface area contributed by atoms with Crippen molar-refractivity contribution in [3.63, 3.8) is 0 Å². The number of nitrogens with one attached hydrogen (secondary N) is 1. The summed E-state index contributed by atoms with van der Waals surface area (Å²) in [4.78, 5) is 34.4. The lowest BCUT2D eigenvalue weighted by atomic mass is 10.3. The van der Waals surface area contributed by atoms with Crippen LogP contribution in [-0.2, 0) is 25.2 Å². The molecule has 7 nitrogen and oxygen atoms in total. The molecule has 0 aromatic rings. The Hall–Kier alpha value is -1.44. The number of carbonyl (C=O) groups is 3. The Morgan fingerprint density at radius 2 is 1.94 bits per heavy atom. The molecule has 1 unspecified atom stereocenters. The van der Waals surface area contributed by atoms with Crippen molar-refractivity contribution in [3.05, 3.63) is 0 Å². The van der Waals surface area contributed by atoms with Crippen LogP contribution in [0, 0.1) is 0 Å². The van der Waals surface area contributed by atoms with Crippen LogP contribution in [0.15, 0.2) is 0 Å². The van der Waals surface area contributed by atoms with E-state index >= 15 is 0 Å². The summed E-state index contributed by atoms with van der Waals surface area (Å²) in [5.74, 6) is -2.62. The van der Waals surface area contributed by atoms with Crippen LogP contribution in [0.2, 0.25) is 0 Å². The third-order valence-corrected chi connectivity index (χ3v) is 3.49. The third kappa shape index (κ3) is 6.33. The molecule has 18 heavy (non-hydrogen) atoms. The fourth-order valence-corrected chi connectivity index (χ4v) is 2.30. The summed E-state index contributed by atoms with van der Waals surface area (Å²) in [5.41, 5.74) is 0. The number of carboxylic acids is 1. The standard InChI is InChI=1S/C10H18N2O5S/c1-4-12(3)9(14)6-18(17)5-8(10(15)16)11-7(2)13/h8H,4-6H2,1-3H3,(H,11,13)(H,15,16)/t8-,18?/m0/s1. The zero-order valence-electron chi connectivity index (χ0n) is 10.6. The topological polar surface area (TPSA) is 104 Å². The number of hydrogen-bond acceptors (Lipinski definition) is 4. The third-order valence-electron chi connectivity index (χ3n) is 2.21. The van der Waals surface area contributed by atoms with Gasteiger partial charge in [0.1, 0.15) is 11.8 Å². The van der Waals surface area contributed by atoms with Gasteiger partial charge >= 0.3 is 5.97 Å². The predicted molar refractivity (Wildman–Crippen MR) is 66.4 cm³/mol. The molecule has 0 spiro atoms. The maximum Gasteiger partial charge on any atom is 0.327 e. The van der Waals surface area contributed by atoms with Crippen LogP contribution in [-0.4, -0.2) is 63.1 Å². The number of rotatable bonds is 7. The van der Waals surface area contributed by atoms with Gasteiger partial charge in [-0.2, -0.15) is 0 Å². The van der Waals surface area contributed by atoms with E-state index in [-0.39, 0.29) is 17.4 Å². The molecule has 0 heterocycles. The average Bonchev–Trinajstić information content (AvgIpc) is 2.25. The maximum atomic E-state index is 11.6. The Kier molecular flexibility index (Phi) is 7.18. The summed E-state index contributed by atoms with van der Waals surface area (Å²) in [7, 11) is -0.0547. The summed E-state index contributed by atoms with van der Waals surface area (Å²) < 4.78 is 11.6. The molecule has 0 bridgehead atoms. The zero-order valence-corrected chi connectivity index (χ0v) is 11.5. The highest BCUT2D eigenvalue weighted by atomic mass is 32.2. The first-order valence-electron chi connectivity index (χ1n) is 5.36. The summed E-state index contributed by atoms with van der Waals surface area (Å²) in [6, 6.07) is -1.23. The van der Waals surface area contributed by atoms with E-state index < -0.39 is 28.7 Å². The number of hydrogen-bond donors (Lipinski definition) is 2. The van der Waals surface area contributed by atoms with Crippen LogP contribution >= 0.6 is 0 Å². The first-order valence-corrected chi connectivity index (χ1v) is 6.85. The van der Waals surface area contributed by atoms with Crippen LogP contribution in [0.4, 0.5) is 0 Å². The number of amides is 2. The monoisotopic (exact) mass is 278 g/mol. The number of carboxylic acid groups (broad SMARTS) is 1. The molecule has 104 valence electrons. The lowest BCUT2D eigenvalue weighted by Gasteiger charge is -2.16. The van der Waals surface area contributed by atoms with Crippen LogP contribution < -0.4 is 5.32 Å². The van der Waals surface area contributed by atoms with E-state index in [2.05, 4.69) is 5.32 Å². The normalized spacial score (nSPS) is 13.5. The van der Waals surface area contributed by atoms with Gasteiger partial charge in [-0.3, -0.25) is 13.8 Å². The smallest absolute Gasteiger partial charge is 0.327 e. The van der Waals surface area contributed by atoms with Gasteiger partial charge in [-0.25, -0.2) is 4.79 Å². The average molecular weight is 278 g/mol. The molecule has 0 fully saturated rings. The summed E-state index contributed by atoms with van der Waals surface area (Å²) in [6.45, 7) is 3.44. The van der Waals surface area contributed by atoms with Crippen molar-refractivity contribution < 1.29 is 23.7 Å². The highest BCUT2D eigenvalue weighted by Crippen LogP contribution is 1.94. The van der Waals surface area contributed by atoms with Crippen molar-refractivity contribution in [2.75, 3.05) is 25.1 Å². The van der Waals surface area contributed by atoms with Crippen LogP contribution in [0.3, 0.4) is 0 Å². The van der Waals surface area contributed by atoms with Crippen molar-refractivity contribution in [3.8, 4) is 0 Å². The van der Waals surface area contributed by atoms with Crippen molar-refractivity contribution in [2.24, 2.45) is 0 Å². The Morgan fingerprint density at radius 1 is 1.39 bits per heavy atom. The molecule has 0 saturated heterocycles. The molecule has 0 aliphatic heterocycles.